The summed E-state index contributed by atoms with van der Waals surface area (Å²) in [5, 5.41) is 0. The molecule has 2 aliphatic rings. The van der Waals surface area contributed by atoms with Crippen molar-refractivity contribution in [3.8, 4) is 0 Å². The SMILES string of the molecule is NC(=O)C1=NCC2(CCCCC2)C1. The van der Waals surface area contributed by atoms with Gasteiger partial charge in [-0.1, -0.05) is 19.3 Å². The van der Waals surface area contributed by atoms with Crippen LogP contribution < -0.4 is 5.73 Å². The molecule has 0 radical (unpaired) electrons. The van der Waals surface area contributed by atoms with Crippen LogP contribution in [0.2, 0.25) is 0 Å². The lowest BCUT2D eigenvalue weighted by Gasteiger charge is -2.32. The summed E-state index contributed by atoms with van der Waals surface area (Å²) in [7, 11) is 0. The van der Waals surface area contributed by atoms with E-state index in [1.807, 2.05) is 0 Å². The predicted octanol–water partition coefficient (Wildman–Crippen LogP) is 1.27. The summed E-state index contributed by atoms with van der Waals surface area (Å²) in [6.07, 6.45) is 7.22. The minimum Gasteiger partial charge on any atom is -0.365 e. The van der Waals surface area contributed by atoms with Crippen LogP contribution in [0, 0.1) is 5.41 Å². The lowest BCUT2D eigenvalue weighted by molar-refractivity contribution is -0.112. The Labute approximate surface area is 78.4 Å². The van der Waals surface area contributed by atoms with E-state index in [0.717, 1.165) is 13.0 Å². The van der Waals surface area contributed by atoms with Gasteiger partial charge in [-0.25, -0.2) is 0 Å². The Bertz CT molecular complexity index is 252. The van der Waals surface area contributed by atoms with Crippen LogP contribution in [-0.4, -0.2) is 18.2 Å². The van der Waals surface area contributed by atoms with Crippen LogP contribution >= 0.6 is 0 Å². The third kappa shape index (κ3) is 1.60. The van der Waals surface area contributed by atoms with Crippen LogP contribution in [0.1, 0.15) is 38.5 Å². The Morgan fingerprint density at radius 1 is 1.31 bits per heavy atom. The first-order valence-corrected chi connectivity index (χ1v) is 5.05. The predicted molar refractivity (Wildman–Crippen MR) is 51.6 cm³/mol. The number of carbonyl (C=O) groups excluding carboxylic acids is 1. The molecular weight excluding hydrogens is 164 g/mol. The lowest BCUT2D eigenvalue weighted by Crippen LogP contribution is -2.29. The first kappa shape index (κ1) is 8.73. The monoisotopic (exact) mass is 180 g/mol. The van der Waals surface area contributed by atoms with E-state index in [0.29, 0.717) is 11.1 Å². The molecule has 0 bridgehead atoms. The molecule has 1 aliphatic carbocycles. The molecule has 0 atom stereocenters. The highest BCUT2D eigenvalue weighted by atomic mass is 16.1. The van der Waals surface area contributed by atoms with Gasteiger partial charge in [0.1, 0.15) is 0 Å². The van der Waals surface area contributed by atoms with E-state index < -0.39 is 0 Å². The van der Waals surface area contributed by atoms with E-state index >= 15 is 0 Å². The number of hydrogen-bond acceptors (Lipinski definition) is 2. The van der Waals surface area contributed by atoms with Gasteiger partial charge in [-0.3, -0.25) is 9.79 Å². The number of aliphatic imine (C=N–C) groups is 1. The van der Waals surface area contributed by atoms with Gasteiger partial charge in [-0.2, -0.15) is 0 Å². The average Bonchev–Trinajstić information content (AvgIpc) is 2.51. The molecule has 1 spiro atoms. The van der Waals surface area contributed by atoms with Gasteiger partial charge in [0.25, 0.3) is 5.91 Å². The number of nitrogens with two attached hydrogens (primary N) is 1. The van der Waals surface area contributed by atoms with Gasteiger partial charge >= 0.3 is 0 Å². The minimum atomic E-state index is -0.317. The van der Waals surface area contributed by atoms with Crippen molar-refractivity contribution in [2.24, 2.45) is 16.1 Å². The number of amides is 1. The van der Waals surface area contributed by atoms with Crippen molar-refractivity contribution < 1.29 is 4.79 Å². The molecule has 3 nitrogen and oxygen atoms in total. The molecule has 1 fully saturated rings. The van der Waals surface area contributed by atoms with Crippen molar-refractivity contribution in [2.75, 3.05) is 6.54 Å². The van der Waals surface area contributed by atoms with Crippen molar-refractivity contribution in [2.45, 2.75) is 38.5 Å². The van der Waals surface area contributed by atoms with Crippen LogP contribution in [0.5, 0.6) is 0 Å². The van der Waals surface area contributed by atoms with E-state index in [9.17, 15) is 4.79 Å². The molecule has 1 aliphatic heterocycles. The first-order valence-electron chi connectivity index (χ1n) is 5.05. The third-order valence-corrected chi connectivity index (χ3v) is 3.35. The maximum atomic E-state index is 10.9. The summed E-state index contributed by atoms with van der Waals surface area (Å²) < 4.78 is 0. The summed E-state index contributed by atoms with van der Waals surface area (Å²) in [6, 6.07) is 0. The van der Waals surface area contributed by atoms with Crippen LogP contribution in [0.15, 0.2) is 4.99 Å². The molecule has 1 amide bonds. The highest BCUT2D eigenvalue weighted by molar-refractivity contribution is 6.38. The number of hydrogen-bond donors (Lipinski definition) is 1. The van der Waals surface area contributed by atoms with Crippen molar-refractivity contribution in [3.63, 3.8) is 0 Å². The average molecular weight is 180 g/mol. The normalized spacial score (nSPS) is 26.0. The number of carbonyl (C=O) groups is 1. The molecule has 2 N–H and O–H groups in total. The molecule has 3 heteroatoms. The zero-order chi connectivity index (χ0) is 9.31. The molecule has 0 aromatic carbocycles. The highest BCUT2D eigenvalue weighted by Crippen LogP contribution is 2.42. The van der Waals surface area contributed by atoms with Gasteiger partial charge in [0.2, 0.25) is 0 Å². The largest absolute Gasteiger partial charge is 0.365 e. The topological polar surface area (TPSA) is 55.5 Å². The Kier molecular flexibility index (Phi) is 2.10. The van der Waals surface area contributed by atoms with Crippen molar-refractivity contribution in [1.29, 1.82) is 0 Å². The van der Waals surface area contributed by atoms with E-state index in [4.69, 9.17) is 5.73 Å². The maximum absolute atomic E-state index is 10.9. The molecule has 0 unspecified atom stereocenters. The number of nitrogens with zero attached hydrogens (tertiary/aromatic N) is 1. The summed E-state index contributed by atoms with van der Waals surface area (Å²) in [5.74, 6) is -0.317. The number of rotatable bonds is 1. The molecule has 13 heavy (non-hydrogen) atoms. The molecule has 0 saturated heterocycles. The van der Waals surface area contributed by atoms with Crippen molar-refractivity contribution >= 4 is 11.6 Å². The maximum Gasteiger partial charge on any atom is 0.262 e. The van der Waals surface area contributed by atoms with Crippen molar-refractivity contribution in [1.82, 2.24) is 0 Å². The van der Waals surface area contributed by atoms with Crippen LogP contribution in [0.4, 0.5) is 0 Å². The highest BCUT2D eigenvalue weighted by Gasteiger charge is 2.38. The molecule has 72 valence electrons. The fraction of sp³-hybridized carbons (Fsp3) is 0.800. The van der Waals surface area contributed by atoms with E-state index in [2.05, 4.69) is 4.99 Å². The first-order chi connectivity index (χ1) is 6.22. The summed E-state index contributed by atoms with van der Waals surface area (Å²) in [6.45, 7) is 0.839. The summed E-state index contributed by atoms with van der Waals surface area (Å²) >= 11 is 0. The zero-order valence-corrected chi connectivity index (χ0v) is 7.88. The van der Waals surface area contributed by atoms with Crippen LogP contribution in [0.25, 0.3) is 0 Å². The summed E-state index contributed by atoms with van der Waals surface area (Å²) in [5.41, 5.74) is 6.17. The molecule has 2 rings (SSSR count). The third-order valence-electron chi connectivity index (χ3n) is 3.35. The second-order valence-corrected chi connectivity index (χ2v) is 4.36. The minimum absolute atomic E-state index is 0.317. The Morgan fingerprint density at radius 3 is 2.54 bits per heavy atom. The quantitative estimate of drug-likeness (QED) is 0.649. The van der Waals surface area contributed by atoms with Gasteiger partial charge in [0.05, 0.1) is 5.71 Å². The fourth-order valence-electron chi connectivity index (χ4n) is 2.53. The molecular formula is C10H16N2O. The second-order valence-electron chi connectivity index (χ2n) is 4.36. The molecule has 0 aromatic heterocycles. The molecule has 1 heterocycles. The van der Waals surface area contributed by atoms with Crippen molar-refractivity contribution in [3.05, 3.63) is 0 Å². The van der Waals surface area contributed by atoms with Gasteiger partial charge < -0.3 is 5.73 Å². The Morgan fingerprint density at radius 2 is 2.00 bits per heavy atom. The van der Waals surface area contributed by atoms with Crippen LogP contribution in [-0.2, 0) is 4.79 Å². The van der Waals surface area contributed by atoms with Gasteiger partial charge in [0, 0.05) is 13.0 Å². The summed E-state index contributed by atoms with van der Waals surface area (Å²) in [4.78, 5) is 15.2. The Hall–Kier alpha value is -0.860. The smallest absolute Gasteiger partial charge is 0.262 e. The molecule has 0 aromatic rings. The number of primary amides is 1. The lowest BCUT2D eigenvalue weighted by atomic mass is 9.72. The molecule has 1 saturated carbocycles. The van der Waals surface area contributed by atoms with Gasteiger partial charge in [-0.05, 0) is 18.3 Å². The van der Waals surface area contributed by atoms with E-state index in [1.54, 1.807) is 0 Å². The van der Waals surface area contributed by atoms with Gasteiger partial charge in [0.15, 0.2) is 0 Å². The fourth-order valence-corrected chi connectivity index (χ4v) is 2.53. The van der Waals surface area contributed by atoms with E-state index in [1.165, 1.54) is 32.1 Å². The standard InChI is InChI=1S/C10H16N2O/c11-9(13)8-6-10(7-12-8)4-2-1-3-5-10/h1-7H2,(H2,11,13). The Balaban J connectivity index is 2.02. The zero-order valence-electron chi connectivity index (χ0n) is 7.88. The van der Waals surface area contributed by atoms with Crippen LogP contribution in [0.3, 0.4) is 0 Å². The van der Waals surface area contributed by atoms with E-state index in [-0.39, 0.29) is 5.91 Å². The second kappa shape index (κ2) is 3.13. The van der Waals surface area contributed by atoms with Gasteiger partial charge in [-0.15, -0.1) is 0 Å².